The monoisotopic (exact) mass is 412 g/mol. The predicted molar refractivity (Wildman–Crippen MR) is 105 cm³/mol. The van der Waals surface area contributed by atoms with Gasteiger partial charge in [-0.3, -0.25) is 19.7 Å². The first-order valence-electron chi connectivity index (χ1n) is 9.61. The minimum Gasteiger partial charge on any atom is -0.338 e. The van der Waals surface area contributed by atoms with Gasteiger partial charge in [-0.15, -0.1) is 0 Å². The van der Waals surface area contributed by atoms with E-state index in [0.29, 0.717) is 35.6 Å². The van der Waals surface area contributed by atoms with Crippen LogP contribution in [0, 0.1) is 0 Å². The van der Waals surface area contributed by atoms with E-state index in [1.807, 2.05) is 0 Å². The molecule has 0 aliphatic carbocycles. The molecular weight excluding hydrogens is 393 g/mol. The van der Waals surface area contributed by atoms with Crippen molar-refractivity contribution in [1.82, 2.24) is 19.9 Å². The molecule has 1 aliphatic rings. The summed E-state index contributed by atoms with van der Waals surface area (Å²) in [7, 11) is 0. The first-order valence-corrected chi connectivity index (χ1v) is 9.61. The quantitative estimate of drug-likeness (QED) is 0.632. The molecule has 2 aromatic heterocycles. The summed E-state index contributed by atoms with van der Waals surface area (Å²) in [6.45, 7) is 1.06. The number of amides is 1. The van der Waals surface area contributed by atoms with Crippen LogP contribution in [-0.4, -0.2) is 38.8 Å². The number of rotatable bonds is 3. The average Bonchev–Trinajstić information content (AvgIpc) is 2.79. The number of carbonyl (C=O) groups excluding carboxylic acids is 1. The van der Waals surface area contributed by atoms with Crippen molar-refractivity contribution in [2.75, 3.05) is 13.1 Å². The molecule has 1 atom stereocenters. The zero-order chi connectivity index (χ0) is 21.1. The van der Waals surface area contributed by atoms with Gasteiger partial charge in [-0.25, -0.2) is 0 Å². The van der Waals surface area contributed by atoms with Crippen molar-refractivity contribution in [2.45, 2.75) is 24.9 Å². The zero-order valence-corrected chi connectivity index (χ0v) is 16.0. The van der Waals surface area contributed by atoms with Gasteiger partial charge in [0, 0.05) is 54.9 Å². The van der Waals surface area contributed by atoms with Crippen molar-refractivity contribution < 1.29 is 18.0 Å². The van der Waals surface area contributed by atoms with Crippen molar-refractivity contribution in [3.05, 3.63) is 78.0 Å². The van der Waals surface area contributed by atoms with Crippen LogP contribution < -0.4 is 0 Å². The minimum atomic E-state index is -4.43. The van der Waals surface area contributed by atoms with Crippen LogP contribution in [0.5, 0.6) is 0 Å². The Bertz CT molecular complexity index is 1040. The molecule has 0 radical (unpaired) electrons. The number of alkyl halides is 3. The van der Waals surface area contributed by atoms with E-state index >= 15 is 0 Å². The summed E-state index contributed by atoms with van der Waals surface area (Å²) < 4.78 is 39.5. The highest BCUT2D eigenvalue weighted by Crippen LogP contribution is 2.35. The lowest BCUT2D eigenvalue weighted by atomic mass is 9.91. The van der Waals surface area contributed by atoms with Crippen LogP contribution in [-0.2, 0) is 6.18 Å². The molecule has 0 bridgehead atoms. The van der Waals surface area contributed by atoms with Crippen LogP contribution in [0.15, 0.2) is 61.2 Å². The normalized spacial score (nSPS) is 17.0. The zero-order valence-electron chi connectivity index (χ0n) is 16.0. The fourth-order valence-electron chi connectivity index (χ4n) is 3.77. The minimum absolute atomic E-state index is 0.0911. The van der Waals surface area contributed by atoms with Crippen molar-refractivity contribution in [3.8, 4) is 11.3 Å². The summed E-state index contributed by atoms with van der Waals surface area (Å²) in [5, 5.41) is 0. The smallest absolute Gasteiger partial charge is 0.338 e. The van der Waals surface area contributed by atoms with E-state index in [-0.39, 0.29) is 11.8 Å². The molecular formula is C22H19F3N4O. The lowest BCUT2D eigenvalue weighted by Crippen LogP contribution is -2.39. The highest BCUT2D eigenvalue weighted by molar-refractivity contribution is 5.94. The molecule has 1 aromatic carbocycles. The van der Waals surface area contributed by atoms with Gasteiger partial charge < -0.3 is 4.90 Å². The Morgan fingerprint density at radius 1 is 1.03 bits per heavy atom. The molecule has 0 saturated carbocycles. The number of benzene rings is 1. The summed E-state index contributed by atoms with van der Waals surface area (Å²) in [5.74, 6) is -0.200. The number of nitrogens with zero attached hydrogens (tertiary/aromatic N) is 4. The van der Waals surface area contributed by atoms with Gasteiger partial charge in [0.05, 0.1) is 17.0 Å². The second-order valence-corrected chi connectivity index (χ2v) is 7.19. The topological polar surface area (TPSA) is 59.0 Å². The molecule has 4 rings (SSSR count). The number of hydrogen-bond donors (Lipinski definition) is 0. The number of carbonyl (C=O) groups is 1. The fourth-order valence-corrected chi connectivity index (χ4v) is 3.77. The van der Waals surface area contributed by atoms with Crippen molar-refractivity contribution in [1.29, 1.82) is 0 Å². The molecule has 1 aliphatic heterocycles. The maximum absolute atomic E-state index is 13.2. The van der Waals surface area contributed by atoms with E-state index in [0.717, 1.165) is 25.0 Å². The van der Waals surface area contributed by atoms with Crippen molar-refractivity contribution in [2.24, 2.45) is 0 Å². The van der Waals surface area contributed by atoms with Crippen molar-refractivity contribution in [3.63, 3.8) is 0 Å². The highest BCUT2D eigenvalue weighted by Gasteiger charge is 2.32. The third-order valence-corrected chi connectivity index (χ3v) is 5.21. The molecule has 5 nitrogen and oxygen atoms in total. The Morgan fingerprint density at radius 3 is 2.57 bits per heavy atom. The molecule has 1 saturated heterocycles. The van der Waals surface area contributed by atoms with E-state index in [1.165, 1.54) is 18.5 Å². The summed E-state index contributed by atoms with van der Waals surface area (Å²) in [6, 6.07) is 8.44. The molecule has 3 aromatic rings. The average molecular weight is 412 g/mol. The fraction of sp³-hybridized carbons (Fsp3) is 0.273. The van der Waals surface area contributed by atoms with Gasteiger partial charge in [-0.05, 0) is 37.1 Å². The third-order valence-electron chi connectivity index (χ3n) is 5.21. The summed E-state index contributed by atoms with van der Waals surface area (Å²) in [4.78, 5) is 27.3. The van der Waals surface area contributed by atoms with Gasteiger partial charge in [0.15, 0.2) is 0 Å². The summed E-state index contributed by atoms with van der Waals surface area (Å²) in [5.41, 5.74) is 1.24. The molecule has 1 amide bonds. The number of hydrogen-bond acceptors (Lipinski definition) is 4. The molecule has 1 fully saturated rings. The number of likely N-dealkylation sites (tertiary alicyclic amines) is 1. The Hall–Kier alpha value is -3.29. The molecule has 0 spiro atoms. The van der Waals surface area contributed by atoms with Crippen molar-refractivity contribution >= 4 is 5.91 Å². The maximum atomic E-state index is 13.2. The Kier molecular flexibility index (Phi) is 5.48. The second kappa shape index (κ2) is 8.22. The summed E-state index contributed by atoms with van der Waals surface area (Å²) >= 11 is 0. The molecule has 0 N–H and O–H groups in total. The molecule has 0 unspecified atom stereocenters. The second-order valence-electron chi connectivity index (χ2n) is 7.19. The highest BCUT2D eigenvalue weighted by atomic mass is 19.4. The third kappa shape index (κ3) is 4.17. The van der Waals surface area contributed by atoms with Gasteiger partial charge >= 0.3 is 6.18 Å². The lowest BCUT2D eigenvalue weighted by molar-refractivity contribution is -0.137. The Morgan fingerprint density at radius 2 is 1.80 bits per heavy atom. The van der Waals surface area contributed by atoms with Crippen LogP contribution in [0.2, 0.25) is 0 Å². The Balaban J connectivity index is 1.63. The maximum Gasteiger partial charge on any atom is 0.416 e. The van der Waals surface area contributed by atoms with E-state index in [1.54, 1.807) is 35.5 Å². The van der Waals surface area contributed by atoms with Crippen LogP contribution in [0.3, 0.4) is 0 Å². The molecule has 154 valence electrons. The van der Waals surface area contributed by atoms with Gasteiger partial charge in [-0.1, -0.05) is 12.1 Å². The predicted octanol–water partition coefficient (Wildman–Crippen LogP) is 4.58. The van der Waals surface area contributed by atoms with E-state index in [4.69, 9.17) is 0 Å². The molecule has 8 heteroatoms. The molecule has 3 heterocycles. The number of piperidine rings is 1. The standard InChI is InChI=1S/C22H19F3N4O/c23-22(24,25)18-5-1-3-16(13-18)19-20(28-11-10-27-19)17-4-2-12-29(14-17)21(30)15-6-8-26-9-7-15/h1,3,5-11,13,17H,2,4,12,14H2/t17-/m0/s1. The lowest BCUT2D eigenvalue weighted by Gasteiger charge is -2.33. The van der Waals surface area contributed by atoms with E-state index in [9.17, 15) is 18.0 Å². The first-order chi connectivity index (χ1) is 14.4. The van der Waals surface area contributed by atoms with Crippen LogP contribution >= 0.6 is 0 Å². The summed E-state index contributed by atoms with van der Waals surface area (Å²) in [6.07, 6.45) is 3.28. The van der Waals surface area contributed by atoms with Crippen LogP contribution in [0.4, 0.5) is 13.2 Å². The number of aromatic nitrogens is 3. The molecule has 30 heavy (non-hydrogen) atoms. The van der Waals surface area contributed by atoms with Gasteiger partial charge in [0.25, 0.3) is 5.91 Å². The van der Waals surface area contributed by atoms with Crippen LogP contribution in [0.25, 0.3) is 11.3 Å². The van der Waals surface area contributed by atoms with E-state index in [2.05, 4.69) is 15.0 Å². The SMILES string of the molecule is O=C(c1ccncc1)N1CCC[C@H](c2nccnc2-c2cccc(C(F)(F)F)c2)C1. The van der Waals surface area contributed by atoms with Gasteiger partial charge in [0.2, 0.25) is 0 Å². The van der Waals surface area contributed by atoms with Gasteiger partial charge in [-0.2, -0.15) is 13.2 Å². The largest absolute Gasteiger partial charge is 0.416 e. The number of pyridine rings is 1. The first kappa shape index (κ1) is 20.0. The van der Waals surface area contributed by atoms with E-state index < -0.39 is 11.7 Å². The van der Waals surface area contributed by atoms with Gasteiger partial charge in [0.1, 0.15) is 0 Å². The number of halogens is 3. The Labute approximate surface area is 171 Å². The van der Waals surface area contributed by atoms with Crippen LogP contribution in [0.1, 0.15) is 40.4 Å².